The van der Waals surface area contributed by atoms with Crippen molar-refractivity contribution in [3.05, 3.63) is 51.1 Å². The zero-order valence-corrected chi connectivity index (χ0v) is 16.4. The van der Waals surface area contributed by atoms with Crippen LogP contribution in [0.25, 0.3) is 11.1 Å². The number of sulfonamides is 1. The summed E-state index contributed by atoms with van der Waals surface area (Å²) in [6.45, 7) is 2.53. The first-order valence-corrected chi connectivity index (χ1v) is 10.5. The topological polar surface area (TPSA) is 84.5 Å². The van der Waals surface area contributed by atoms with E-state index in [-0.39, 0.29) is 23.1 Å². The predicted octanol–water partition coefficient (Wildman–Crippen LogP) is 2.26. The van der Waals surface area contributed by atoms with E-state index in [1.165, 1.54) is 16.7 Å². The molecule has 1 unspecified atom stereocenters. The molecule has 2 aromatic heterocycles. The lowest BCUT2D eigenvalue weighted by Gasteiger charge is -2.23. The van der Waals surface area contributed by atoms with Crippen LogP contribution in [0.3, 0.4) is 0 Å². The van der Waals surface area contributed by atoms with Crippen LogP contribution < -0.4 is 10.5 Å². The molecule has 0 saturated carbocycles. The maximum absolute atomic E-state index is 12.7. The fourth-order valence-corrected chi connectivity index (χ4v) is 4.78. The summed E-state index contributed by atoms with van der Waals surface area (Å²) in [6, 6.07) is 8.34. The molecule has 0 aliphatic rings. The summed E-state index contributed by atoms with van der Waals surface area (Å²) in [7, 11) is 0.0941. The molecular weight excluding hydrogens is 374 g/mol. The molecular formula is C17H21N3O4S2. The first-order chi connectivity index (χ1) is 12.3. The van der Waals surface area contributed by atoms with Crippen molar-refractivity contribution in [1.29, 1.82) is 0 Å². The lowest BCUT2D eigenvalue weighted by Crippen LogP contribution is -2.34. The maximum Gasteiger partial charge on any atom is 0.419 e. The van der Waals surface area contributed by atoms with Crippen molar-refractivity contribution in [2.24, 2.45) is 0 Å². The summed E-state index contributed by atoms with van der Waals surface area (Å²) in [5, 5.41) is 1.97. The average Bonchev–Trinajstić information content (AvgIpc) is 3.20. The first kappa shape index (κ1) is 18.8. The molecule has 0 bridgehead atoms. The highest BCUT2D eigenvalue weighted by Gasteiger charge is 2.21. The van der Waals surface area contributed by atoms with Crippen LogP contribution in [0.15, 0.2) is 49.8 Å². The second kappa shape index (κ2) is 7.36. The molecule has 3 aromatic rings. The highest BCUT2D eigenvalue weighted by molar-refractivity contribution is 7.89. The molecule has 7 nitrogen and oxygen atoms in total. The predicted molar refractivity (Wildman–Crippen MR) is 102 cm³/mol. The van der Waals surface area contributed by atoms with Gasteiger partial charge in [-0.3, -0.25) is 4.57 Å². The highest BCUT2D eigenvalue weighted by atomic mass is 32.2. The van der Waals surface area contributed by atoms with Crippen LogP contribution in [0.5, 0.6) is 0 Å². The molecule has 26 heavy (non-hydrogen) atoms. The van der Waals surface area contributed by atoms with E-state index in [0.29, 0.717) is 12.1 Å². The summed E-state index contributed by atoms with van der Waals surface area (Å²) in [5.74, 6) is -0.490. The smallest absolute Gasteiger partial charge is 0.408 e. The lowest BCUT2D eigenvalue weighted by molar-refractivity contribution is 0.303. The number of nitrogens with one attached hydrogen (secondary N) is 1. The van der Waals surface area contributed by atoms with Gasteiger partial charge >= 0.3 is 5.76 Å². The van der Waals surface area contributed by atoms with Crippen LogP contribution in [0.1, 0.15) is 17.8 Å². The molecule has 0 aliphatic carbocycles. The molecule has 0 saturated heterocycles. The van der Waals surface area contributed by atoms with E-state index in [0.717, 1.165) is 4.88 Å². The number of oxazole rings is 1. The number of nitrogens with zero attached hydrogens (tertiary/aromatic N) is 2. The maximum atomic E-state index is 12.7. The van der Waals surface area contributed by atoms with Crippen LogP contribution in [-0.2, 0) is 16.6 Å². The average molecular weight is 396 g/mol. The van der Waals surface area contributed by atoms with Crippen LogP contribution >= 0.6 is 11.3 Å². The third kappa shape index (κ3) is 3.61. The van der Waals surface area contributed by atoms with E-state index < -0.39 is 15.8 Å². The van der Waals surface area contributed by atoms with Gasteiger partial charge in [0.05, 0.1) is 16.5 Å². The number of hydrogen-bond acceptors (Lipinski definition) is 6. The minimum absolute atomic E-state index is 0.0624. The van der Waals surface area contributed by atoms with Gasteiger partial charge in [0.15, 0.2) is 5.58 Å². The van der Waals surface area contributed by atoms with Gasteiger partial charge in [0, 0.05) is 24.0 Å². The lowest BCUT2D eigenvalue weighted by atomic mass is 10.2. The number of aromatic nitrogens is 1. The molecule has 0 aliphatic heterocycles. The Labute approximate surface area is 155 Å². The Kier molecular flexibility index (Phi) is 5.33. The Morgan fingerprint density at radius 2 is 2.08 bits per heavy atom. The standard InChI is InChI=1S/C17H21N3O4S2/c1-4-20-13-8-7-12(10-15(13)24-17(20)21)26(22,23)18-11-14(19(2)3)16-6-5-9-25-16/h5-10,14,18H,4,11H2,1-3H3. The molecule has 1 N–H and O–H groups in total. The van der Waals surface area contributed by atoms with Gasteiger partial charge < -0.3 is 9.32 Å². The van der Waals surface area contributed by atoms with Gasteiger partial charge in [-0.1, -0.05) is 6.07 Å². The van der Waals surface area contributed by atoms with E-state index in [1.54, 1.807) is 17.4 Å². The van der Waals surface area contributed by atoms with Crippen LogP contribution in [0, 0.1) is 0 Å². The van der Waals surface area contributed by atoms with Gasteiger partial charge in [-0.2, -0.15) is 0 Å². The van der Waals surface area contributed by atoms with Gasteiger partial charge in [0.2, 0.25) is 10.0 Å². The molecule has 0 spiro atoms. The summed E-state index contributed by atoms with van der Waals surface area (Å²) in [5.41, 5.74) is 0.850. The summed E-state index contributed by atoms with van der Waals surface area (Å²) < 4.78 is 34.6. The first-order valence-electron chi connectivity index (χ1n) is 8.16. The van der Waals surface area contributed by atoms with Crippen LogP contribution in [0.2, 0.25) is 0 Å². The zero-order chi connectivity index (χ0) is 18.9. The molecule has 0 radical (unpaired) electrons. The number of rotatable bonds is 7. The van der Waals surface area contributed by atoms with E-state index in [4.69, 9.17) is 4.42 Å². The van der Waals surface area contributed by atoms with E-state index >= 15 is 0 Å². The Morgan fingerprint density at radius 3 is 2.69 bits per heavy atom. The van der Waals surface area contributed by atoms with E-state index in [1.807, 2.05) is 43.4 Å². The van der Waals surface area contributed by atoms with Crippen LogP contribution in [0.4, 0.5) is 0 Å². The number of aryl methyl sites for hydroxylation is 1. The zero-order valence-electron chi connectivity index (χ0n) is 14.8. The van der Waals surface area contributed by atoms with Gasteiger partial charge in [0.25, 0.3) is 0 Å². The summed E-state index contributed by atoms with van der Waals surface area (Å²) in [6.07, 6.45) is 0. The Hall–Kier alpha value is -1.94. The Morgan fingerprint density at radius 1 is 1.31 bits per heavy atom. The number of fused-ring (bicyclic) bond motifs is 1. The van der Waals surface area contributed by atoms with Crippen molar-refractivity contribution in [2.45, 2.75) is 24.4 Å². The number of thiophene rings is 1. The second-order valence-electron chi connectivity index (χ2n) is 6.09. The van der Waals surface area contributed by atoms with Crippen molar-refractivity contribution >= 4 is 32.5 Å². The molecule has 9 heteroatoms. The Balaban J connectivity index is 1.86. The highest BCUT2D eigenvalue weighted by Crippen LogP contribution is 2.24. The van der Waals surface area contributed by atoms with Crippen molar-refractivity contribution in [1.82, 2.24) is 14.2 Å². The SMILES string of the molecule is CCn1c(=O)oc2cc(S(=O)(=O)NCC(c3cccs3)N(C)C)ccc21. The van der Waals surface area contributed by atoms with Crippen molar-refractivity contribution in [3.8, 4) is 0 Å². The second-order valence-corrected chi connectivity index (χ2v) is 8.83. The fraction of sp³-hybridized carbons (Fsp3) is 0.353. The largest absolute Gasteiger partial charge is 0.419 e. The molecule has 140 valence electrons. The summed E-state index contributed by atoms with van der Waals surface area (Å²) in [4.78, 5) is 14.9. The van der Waals surface area contributed by atoms with Crippen molar-refractivity contribution in [2.75, 3.05) is 20.6 Å². The monoisotopic (exact) mass is 395 g/mol. The van der Waals surface area contributed by atoms with Gasteiger partial charge in [-0.05, 0) is 44.6 Å². The van der Waals surface area contributed by atoms with E-state index in [2.05, 4.69) is 4.72 Å². The van der Waals surface area contributed by atoms with Gasteiger partial charge in [-0.15, -0.1) is 11.3 Å². The van der Waals surface area contributed by atoms with Gasteiger partial charge in [-0.25, -0.2) is 17.9 Å². The Bertz CT molecular complexity index is 1050. The van der Waals surface area contributed by atoms with E-state index in [9.17, 15) is 13.2 Å². The van der Waals surface area contributed by atoms with Crippen molar-refractivity contribution < 1.29 is 12.8 Å². The third-order valence-electron chi connectivity index (χ3n) is 4.23. The minimum Gasteiger partial charge on any atom is -0.408 e. The van der Waals surface area contributed by atoms with Crippen molar-refractivity contribution in [3.63, 3.8) is 0 Å². The number of benzene rings is 1. The molecule has 2 heterocycles. The molecule has 0 fully saturated rings. The molecule has 3 rings (SSSR count). The molecule has 1 atom stereocenters. The summed E-state index contributed by atoms with van der Waals surface area (Å²) >= 11 is 1.59. The quantitative estimate of drug-likeness (QED) is 0.663. The molecule has 0 amide bonds. The third-order valence-corrected chi connectivity index (χ3v) is 6.62. The van der Waals surface area contributed by atoms with Gasteiger partial charge in [0.1, 0.15) is 0 Å². The number of likely N-dealkylation sites (N-methyl/N-ethyl adjacent to an activating group) is 1. The fourth-order valence-electron chi connectivity index (χ4n) is 2.80. The normalized spacial score (nSPS) is 13.5. The van der Waals surface area contributed by atoms with Crippen LogP contribution in [-0.4, -0.2) is 38.5 Å². The minimum atomic E-state index is -3.73. The molecule has 1 aromatic carbocycles. The number of hydrogen-bond donors (Lipinski definition) is 1.